The van der Waals surface area contributed by atoms with Crippen LogP contribution in [0.1, 0.15) is 51.1 Å². The summed E-state index contributed by atoms with van der Waals surface area (Å²) in [6, 6.07) is 6.82. The second-order valence-electron chi connectivity index (χ2n) is 8.16. The van der Waals surface area contributed by atoms with Crippen LogP contribution in [-0.4, -0.2) is 49.6 Å². The Balaban J connectivity index is 1.38. The van der Waals surface area contributed by atoms with Gasteiger partial charge in [-0.15, -0.1) is 0 Å². The lowest BCUT2D eigenvalue weighted by Crippen LogP contribution is -2.54. The lowest BCUT2D eigenvalue weighted by molar-refractivity contribution is -0.137. The maximum atomic E-state index is 13.0. The van der Waals surface area contributed by atoms with E-state index in [1.165, 1.54) is 6.33 Å². The first-order chi connectivity index (χ1) is 14.4. The molecule has 1 aromatic heterocycles. The van der Waals surface area contributed by atoms with E-state index >= 15 is 0 Å². The van der Waals surface area contributed by atoms with E-state index in [2.05, 4.69) is 20.7 Å². The summed E-state index contributed by atoms with van der Waals surface area (Å²) in [5, 5.41) is 9.83. The molecule has 1 aliphatic carbocycles. The summed E-state index contributed by atoms with van der Waals surface area (Å²) in [5.41, 5.74) is 0.918. The molecule has 9 heteroatoms. The predicted octanol–water partition coefficient (Wildman–Crippen LogP) is 1.95. The smallest absolute Gasteiger partial charge is 0.325 e. The van der Waals surface area contributed by atoms with Crippen LogP contribution < -0.4 is 10.6 Å². The van der Waals surface area contributed by atoms with Gasteiger partial charge < -0.3 is 10.6 Å². The standard InChI is InChI=1S/C21H26N6O3/c1-14-5-3-4-10-21(14)19(29)26(20(30)25-21)11-18(28)24-15(2)16-6-8-17(9-7-16)27-13-22-12-23-27/h6-9,12-15H,3-5,10-11H2,1-2H3,(H,24,28)(H,25,30). The molecule has 1 aromatic carbocycles. The van der Waals surface area contributed by atoms with Gasteiger partial charge in [0.1, 0.15) is 24.7 Å². The number of carbonyl (C=O) groups excluding carboxylic acids is 3. The Morgan fingerprint density at radius 3 is 2.73 bits per heavy atom. The van der Waals surface area contributed by atoms with Gasteiger partial charge in [0.2, 0.25) is 5.91 Å². The van der Waals surface area contributed by atoms with Gasteiger partial charge in [-0.25, -0.2) is 14.5 Å². The van der Waals surface area contributed by atoms with Crippen molar-refractivity contribution in [3.63, 3.8) is 0 Å². The molecule has 1 aliphatic heterocycles. The molecule has 2 aromatic rings. The van der Waals surface area contributed by atoms with Crippen LogP contribution in [0.25, 0.3) is 5.69 Å². The second-order valence-corrected chi connectivity index (χ2v) is 8.16. The van der Waals surface area contributed by atoms with E-state index in [4.69, 9.17) is 0 Å². The SMILES string of the molecule is CC(NC(=O)CN1C(=O)NC2(CCCCC2C)C1=O)c1ccc(-n2cncn2)cc1. The molecular weight excluding hydrogens is 384 g/mol. The highest BCUT2D eigenvalue weighted by Crippen LogP contribution is 2.38. The van der Waals surface area contributed by atoms with Crippen LogP contribution in [0.5, 0.6) is 0 Å². The van der Waals surface area contributed by atoms with E-state index in [1.807, 2.05) is 38.1 Å². The van der Waals surface area contributed by atoms with Gasteiger partial charge in [-0.1, -0.05) is 31.9 Å². The van der Waals surface area contributed by atoms with Crippen LogP contribution in [0.3, 0.4) is 0 Å². The summed E-state index contributed by atoms with van der Waals surface area (Å²) in [6.45, 7) is 3.57. The summed E-state index contributed by atoms with van der Waals surface area (Å²) >= 11 is 0. The zero-order valence-electron chi connectivity index (χ0n) is 17.2. The summed E-state index contributed by atoms with van der Waals surface area (Å²) in [6.07, 6.45) is 6.56. The maximum Gasteiger partial charge on any atom is 0.325 e. The molecule has 0 bridgehead atoms. The Hall–Kier alpha value is -3.23. The van der Waals surface area contributed by atoms with E-state index in [-0.39, 0.29) is 30.3 Å². The van der Waals surface area contributed by atoms with E-state index in [1.54, 1.807) is 11.0 Å². The minimum atomic E-state index is -0.849. The van der Waals surface area contributed by atoms with Gasteiger partial charge in [0.05, 0.1) is 11.7 Å². The number of nitrogens with zero attached hydrogens (tertiary/aromatic N) is 4. The van der Waals surface area contributed by atoms with Crippen molar-refractivity contribution in [2.45, 2.75) is 51.1 Å². The first-order valence-corrected chi connectivity index (χ1v) is 10.3. The molecule has 9 nitrogen and oxygen atoms in total. The van der Waals surface area contributed by atoms with Crippen LogP contribution in [0.15, 0.2) is 36.9 Å². The molecular formula is C21H26N6O3. The van der Waals surface area contributed by atoms with Gasteiger partial charge in [0.25, 0.3) is 5.91 Å². The molecule has 2 aliphatic rings. The third-order valence-electron chi connectivity index (χ3n) is 6.26. The largest absolute Gasteiger partial charge is 0.348 e. The van der Waals surface area contributed by atoms with Gasteiger partial charge in [0, 0.05) is 0 Å². The van der Waals surface area contributed by atoms with Crippen LogP contribution in [-0.2, 0) is 9.59 Å². The summed E-state index contributed by atoms with van der Waals surface area (Å²) in [5.74, 6) is -0.579. The summed E-state index contributed by atoms with van der Waals surface area (Å²) < 4.78 is 1.65. The van der Waals surface area contributed by atoms with Crippen molar-refractivity contribution in [3.8, 4) is 5.69 Å². The van der Waals surface area contributed by atoms with Crippen molar-refractivity contribution in [2.24, 2.45) is 5.92 Å². The lowest BCUT2D eigenvalue weighted by atomic mass is 9.73. The zero-order chi connectivity index (χ0) is 21.3. The average molecular weight is 410 g/mol. The molecule has 0 radical (unpaired) electrons. The van der Waals surface area contributed by atoms with E-state index in [9.17, 15) is 14.4 Å². The molecule has 2 fully saturated rings. The third-order valence-corrected chi connectivity index (χ3v) is 6.26. The normalized spacial score (nSPS) is 24.7. The second kappa shape index (κ2) is 7.89. The van der Waals surface area contributed by atoms with Crippen LogP contribution >= 0.6 is 0 Å². The van der Waals surface area contributed by atoms with E-state index in [0.29, 0.717) is 6.42 Å². The molecule has 3 atom stereocenters. The van der Waals surface area contributed by atoms with Gasteiger partial charge in [-0.05, 0) is 43.4 Å². The molecule has 1 saturated carbocycles. The van der Waals surface area contributed by atoms with Crippen LogP contribution in [0.2, 0.25) is 0 Å². The average Bonchev–Trinajstić information content (AvgIpc) is 3.34. The lowest BCUT2D eigenvalue weighted by Gasteiger charge is -2.36. The number of carbonyl (C=O) groups is 3. The summed E-state index contributed by atoms with van der Waals surface area (Å²) in [7, 11) is 0. The Morgan fingerprint density at radius 1 is 1.30 bits per heavy atom. The number of amides is 4. The van der Waals surface area contributed by atoms with Gasteiger partial charge in [-0.3, -0.25) is 14.5 Å². The Labute approximate surface area is 174 Å². The van der Waals surface area contributed by atoms with Gasteiger partial charge in [-0.2, -0.15) is 5.10 Å². The topological polar surface area (TPSA) is 109 Å². The molecule has 1 saturated heterocycles. The number of aromatic nitrogens is 3. The highest BCUT2D eigenvalue weighted by Gasteiger charge is 2.55. The van der Waals surface area contributed by atoms with Crippen LogP contribution in [0, 0.1) is 5.92 Å². The molecule has 3 unspecified atom stereocenters. The van der Waals surface area contributed by atoms with Crippen molar-refractivity contribution >= 4 is 17.8 Å². The molecule has 30 heavy (non-hydrogen) atoms. The Kier molecular flexibility index (Phi) is 5.27. The molecule has 158 valence electrons. The number of nitrogens with one attached hydrogen (secondary N) is 2. The Morgan fingerprint density at radius 2 is 2.07 bits per heavy atom. The quantitative estimate of drug-likeness (QED) is 0.732. The fraction of sp³-hybridized carbons (Fsp3) is 0.476. The third kappa shape index (κ3) is 3.55. The van der Waals surface area contributed by atoms with Crippen molar-refractivity contribution in [3.05, 3.63) is 42.5 Å². The molecule has 2 heterocycles. The zero-order valence-corrected chi connectivity index (χ0v) is 17.2. The molecule has 1 spiro atoms. The number of urea groups is 1. The van der Waals surface area contributed by atoms with Crippen molar-refractivity contribution in [2.75, 3.05) is 6.54 Å². The van der Waals surface area contributed by atoms with Gasteiger partial charge >= 0.3 is 6.03 Å². The predicted molar refractivity (Wildman–Crippen MR) is 109 cm³/mol. The number of rotatable bonds is 5. The fourth-order valence-electron chi connectivity index (χ4n) is 4.41. The highest BCUT2D eigenvalue weighted by molar-refractivity contribution is 6.09. The minimum Gasteiger partial charge on any atom is -0.348 e. The highest BCUT2D eigenvalue weighted by atomic mass is 16.2. The number of hydrogen-bond acceptors (Lipinski definition) is 5. The first-order valence-electron chi connectivity index (χ1n) is 10.3. The Bertz CT molecular complexity index is 942. The van der Waals surface area contributed by atoms with Crippen molar-refractivity contribution in [1.29, 1.82) is 0 Å². The summed E-state index contributed by atoms with van der Waals surface area (Å²) in [4.78, 5) is 43.0. The number of hydrogen-bond donors (Lipinski definition) is 2. The fourth-order valence-corrected chi connectivity index (χ4v) is 4.41. The number of benzene rings is 1. The number of imide groups is 1. The van der Waals surface area contributed by atoms with Crippen molar-refractivity contribution in [1.82, 2.24) is 30.3 Å². The minimum absolute atomic E-state index is 0.0678. The monoisotopic (exact) mass is 410 g/mol. The molecule has 4 amide bonds. The van der Waals surface area contributed by atoms with Gasteiger partial charge in [0.15, 0.2) is 0 Å². The first kappa shape index (κ1) is 20.1. The maximum absolute atomic E-state index is 13.0. The molecule has 2 N–H and O–H groups in total. The molecule has 4 rings (SSSR count). The van der Waals surface area contributed by atoms with Crippen LogP contribution in [0.4, 0.5) is 4.79 Å². The van der Waals surface area contributed by atoms with Crippen molar-refractivity contribution < 1.29 is 14.4 Å². The van der Waals surface area contributed by atoms with E-state index in [0.717, 1.165) is 35.4 Å². The van der Waals surface area contributed by atoms with E-state index < -0.39 is 11.6 Å².